The van der Waals surface area contributed by atoms with Gasteiger partial charge in [-0.05, 0) is 52.9 Å². The van der Waals surface area contributed by atoms with Gasteiger partial charge in [-0.1, -0.05) is 12.1 Å². The minimum atomic E-state index is 0. The lowest BCUT2D eigenvalue weighted by Gasteiger charge is -2.18. The van der Waals surface area contributed by atoms with E-state index in [0.717, 1.165) is 46.5 Å². The molecule has 170 valence electrons. The molecule has 0 spiro atoms. The van der Waals surface area contributed by atoms with Crippen LogP contribution in [0.1, 0.15) is 16.7 Å². The van der Waals surface area contributed by atoms with E-state index in [0.29, 0.717) is 23.7 Å². The van der Waals surface area contributed by atoms with E-state index in [1.165, 1.54) is 11.1 Å². The molecular formula is C27H21BrN2O4. The Hall–Kier alpha value is -3.76. The van der Waals surface area contributed by atoms with Crippen LogP contribution < -0.4 is 40.5 Å². The van der Waals surface area contributed by atoms with E-state index in [1.807, 2.05) is 18.2 Å². The highest BCUT2D eigenvalue weighted by atomic mass is 79.9. The van der Waals surface area contributed by atoms with Gasteiger partial charge in [-0.2, -0.15) is 9.83 Å². The molecule has 0 amide bonds. The van der Waals surface area contributed by atoms with Gasteiger partial charge in [-0.25, -0.2) is 0 Å². The molecule has 0 bridgehead atoms. The molecule has 2 aliphatic heterocycles. The molecule has 7 heteroatoms. The average molecular weight is 517 g/mol. The third-order valence-corrected chi connectivity index (χ3v) is 6.26. The molecule has 2 aliphatic rings. The third-order valence-electron chi connectivity index (χ3n) is 6.26. The first-order chi connectivity index (χ1) is 16.2. The van der Waals surface area contributed by atoms with Crippen molar-refractivity contribution in [2.75, 3.05) is 13.9 Å². The summed E-state index contributed by atoms with van der Waals surface area (Å²) in [6, 6.07) is 19.9. The summed E-state index contributed by atoms with van der Waals surface area (Å²) in [6.45, 7) is 1.52. The Morgan fingerprint density at radius 2 is 1.82 bits per heavy atom. The number of benzene rings is 3. The maximum Gasteiger partial charge on any atom is 0.231 e. The molecule has 3 heterocycles. The Morgan fingerprint density at radius 3 is 2.59 bits per heavy atom. The lowest BCUT2D eigenvalue weighted by Crippen LogP contribution is -3.00. The molecule has 0 aliphatic carbocycles. The summed E-state index contributed by atoms with van der Waals surface area (Å²) in [5.41, 5.74) is 5.20. The van der Waals surface area contributed by atoms with Crippen molar-refractivity contribution in [2.24, 2.45) is 0 Å². The minimum Gasteiger partial charge on any atom is -1.00 e. The first-order valence-corrected chi connectivity index (χ1v) is 10.8. The molecule has 0 fully saturated rings. The fraction of sp³-hybridized carbons (Fsp3) is 0.185. The van der Waals surface area contributed by atoms with Crippen molar-refractivity contribution in [1.82, 2.24) is 0 Å². The number of rotatable bonds is 4. The van der Waals surface area contributed by atoms with E-state index in [-0.39, 0.29) is 23.8 Å². The largest absolute Gasteiger partial charge is 1.00 e. The number of aromatic nitrogens is 1. The van der Waals surface area contributed by atoms with Gasteiger partial charge in [0.05, 0.1) is 29.7 Å². The van der Waals surface area contributed by atoms with Gasteiger partial charge in [0.25, 0.3) is 0 Å². The van der Waals surface area contributed by atoms with E-state index in [1.54, 1.807) is 19.2 Å². The zero-order valence-corrected chi connectivity index (χ0v) is 20.1. The Labute approximate surface area is 207 Å². The molecule has 3 aromatic carbocycles. The number of pyridine rings is 1. The summed E-state index contributed by atoms with van der Waals surface area (Å²) in [6.07, 6.45) is 3.06. The van der Waals surface area contributed by atoms with Crippen molar-refractivity contribution in [1.29, 1.82) is 5.26 Å². The second-order valence-electron chi connectivity index (χ2n) is 8.16. The highest BCUT2D eigenvalue weighted by Crippen LogP contribution is 2.41. The van der Waals surface area contributed by atoms with E-state index in [9.17, 15) is 0 Å². The second kappa shape index (κ2) is 8.88. The van der Waals surface area contributed by atoms with Crippen LogP contribution in [-0.4, -0.2) is 13.9 Å². The van der Waals surface area contributed by atoms with Crippen LogP contribution in [0.15, 0.2) is 60.8 Å². The molecule has 0 N–H and O–H groups in total. The summed E-state index contributed by atoms with van der Waals surface area (Å²) in [4.78, 5) is 0. The molecule has 6 nitrogen and oxygen atoms in total. The van der Waals surface area contributed by atoms with Gasteiger partial charge >= 0.3 is 0 Å². The Morgan fingerprint density at radius 1 is 1.03 bits per heavy atom. The summed E-state index contributed by atoms with van der Waals surface area (Å²) < 4.78 is 25.3. The Kier molecular flexibility index (Phi) is 5.76. The summed E-state index contributed by atoms with van der Waals surface area (Å²) in [7, 11) is 1.65. The molecule has 0 saturated heterocycles. The number of methoxy groups -OCH3 is 1. The highest BCUT2D eigenvalue weighted by molar-refractivity contribution is 5.91. The third kappa shape index (κ3) is 3.70. The highest BCUT2D eigenvalue weighted by Gasteiger charge is 2.28. The van der Waals surface area contributed by atoms with Gasteiger partial charge in [0.15, 0.2) is 35.7 Å². The number of ether oxygens (including phenoxy) is 4. The monoisotopic (exact) mass is 516 g/mol. The molecule has 4 aromatic rings. The first kappa shape index (κ1) is 22.1. The topological polar surface area (TPSA) is 64.6 Å². The van der Waals surface area contributed by atoms with E-state index in [4.69, 9.17) is 24.2 Å². The number of aryl methyl sites for hydroxylation is 2. The average Bonchev–Trinajstić information content (AvgIpc) is 3.32. The van der Waals surface area contributed by atoms with Crippen molar-refractivity contribution in [3.63, 3.8) is 0 Å². The maximum atomic E-state index is 9.01. The Balaban J connectivity index is 0.00000241. The fourth-order valence-electron chi connectivity index (χ4n) is 4.54. The van der Waals surface area contributed by atoms with Crippen molar-refractivity contribution in [3.05, 3.63) is 77.5 Å². The van der Waals surface area contributed by atoms with E-state index < -0.39 is 0 Å². The number of hydrogen-bond acceptors (Lipinski definition) is 5. The van der Waals surface area contributed by atoms with Crippen LogP contribution in [-0.2, 0) is 19.6 Å². The standard InChI is InChI=1S/C27H21N2O4.BrH/c1-30-24-7-6-19-10-23-21-12-26-25(32-16-33-26)11-20(21)8-9-29(23)14-22(19)27(24)31-15-18-4-2-17(13-28)3-5-18;/h2-7,10-12,14H,8-9,15-16H2,1H3;1H/q+1;/p-1. The van der Waals surface area contributed by atoms with Gasteiger partial charge in [0, 0.05) is 12.5 Å². The van der Waals surface area contributed by atoms with Gasteiger partial charge in [-0.15, -0.1) is 0 Å². The quantitative estimate of drug-likeness (QED) is 0.385. The lowest BCUT2D eigenvalue weighted by atomic mass is 9.95. The van der Waals surface area contributed by atoms with Gasteiger partial charge in [0.2, 0.25) is 12.5 Å². The summed E-state index contributed by atoms with van der Waals surface area (Å²) >= 11 is 0. The lowest BCUT2D eigenvalue weighted by molar-refractivity contribution is -0.686. The van der Waals surface area contributed by atoms with Crippen LogP contribution in [0.5, 0.6) is 23.0 Å². The van der Waals surface area contributed by atoms with Crippen LogP contribution in [0.25, 0.3) is 22.0 Å². The molecule has 0 unspecified atom stereocenters. The SMILES string of the molecule is COc1ccc2cc3[n+](cc2c1OCc1ccc(C#N)cc1)CCc1cc2c(cc1-3)OCO2.[Br-]. The molecule has 6 rings (SSSR count). The van der Waals surface area contributed by atoms with Gasteiger partial charge in [0.1, 0.15) is 6.61 Å². The number of fused-ring (bicyclic) bond motifs is 5. The van der Waals surface area contributed by atoms with Crippen LogP contribution in [0.4, 0.5) is 0 Å². The molecule has 0 saturated carbocycles. The van der Waals surface area contributed by atoms with Crippen molar-refractivity contribution in [3.8, 4) is 40.3 Å². The van der Waals surface area contributed by atoms with Crippen molar-refractivity contribution >= 4 is 10.8 Å². The van der Waals surface area contributed by atoms with Crippen molar-refractivity contribution in [2.45, 2.75) is 19.6 Å². The smallest absolute Gasteiger partial charge is 0.231 e. The second-order valence-corrected chi connectivity index (χ2v) is 8.16. The molecule has 0 atom stereocenters. The van der Waals surface area contributed by atoms with Crippen LogP contribution >= 0.6 is 0 Å². The van der Waals surface area contributed by atoms with E-state index >= 15 is 0 Å². The molecule has 34 heavy (non-hydrogen) atoms. The minimum absolute atomic E-state index is 0. The normalized spacial score (nSPS) is 12.8. The first-order valence-electron chi connectivity index (χ1n) is 10.8. The molecule has 1 aromatic heterocycles. The zero-order valence-electron chi connectivity index (χ0n) is 18.5. The maximum absolute atomic E-state index is 9.01. The Bertz CT molecular complexity index is 1440. The summed E-state index contributed by atoms with van der Waals surface area (Å²) in [5.74, 6) is 3.03. The van der Waals surface area contributed by atoms with Crippen LogP contribution in [0, 0.1) is 11.3 Å². The fourth-order valence-corrected chi connectivity index (χ4v) is 4.54. The number of nitrogens with zero attached hydrogens (tertiary/aromatic N) is 2. The zero-order chi connectivity index (χ0) is 22.4. The number of hydrogen-bond donors (Lipinski definition) is 0. The number of halogens is 1. The van der Waals surface area contributed by atoms with Gasteiger partial charge in [-0.3, -0.25) is 0 Å². The van der Waals surface area contributed by atoms with E-state index in [2.05, 4.69) is 41.1 Å². The predicted molar refractivity (Wildman–Crippen MR) is 121 cm³/mol. The number of nitriles is 1. The molecule has 0 radical (unpaired) electrons. The molecular weight excluding hydrogens is 496 g/mol. The predicted octanol–water partition coefficient (Wildman–Crippen LogP) is 1.54. The van der Waals surface area contributed by atoms with Crippen molar-refractivity contribution < 1.29 is 40.5 Å². The van der Waals surface area contributed by atoms with Crippen LogP contribution in [0.3, 0.4) is 0 Å². The van der Waals surface area contributed by atoms with Gasteiger partial charge < -0.3 is 35.9 Å². The van der Waals surface area contributed by atoms with Crippen LogP contribution in [0.2, 0.25) is 0 Å². The summed E-state index contributed by atoms with van der Waals surface area (Å²) in [5, 5.41) is 11.1.